The molecule has 1 amide bonds. The summed E-state index contributed by atoms with van der Waals surface area (Å²) in [6.07, 6.45) is 6.72. The first-order valence-electron chi connectivity index (χ1n) is 7.39. The first kappa shape index (κ1) is 15.2. The molecule has 0 N–H and O–H groups in total. The lowest BCUT2D eigenvalue weighted by atomic mass is 9.99. The minimum atomic E-state index is -0.241. The lowest BCUT2D eigenvalue weighted by Gasteiger charge is -2.23. The summed E-state index contributed by atoms with van der Waals surface area (Å²) < 4.78 is 7.69. The average Bonchev–Trinajstić information content (AvgIpc) is 3.24. The van der Waals surface area contributed by atoms with Crippen LogP contribution in [0.4, 0.5) is 0 Å². The molecular formula is C15H20N4O2S. The van der Waals surface area contributed by atoms with Crippen LogP contribution in [-0.4, -0.2) is 45.5 Å². The number of nitrogens with zero attached hydrogens (tertiary/aromatic N) is 4. The maximum atomic E-state index is 12.7. The Hall–Kier alpha value is -1.73. The van der Waals surface area contributed by atoms with E-state index >= 15 is 0 Å². The Morgan fingerprint density at radius 3 is 3.05 bits per heavy atom. The average molecular weight is 320 g/mol. The van der Waals surface area contributed by atoms with E-state index in [0.29, 0.717) is 13.2 Å². The fraction of sp³-hybridized carbons (Fsp3) is 0.533. The molecule has 22 heavy (non-hydrogen) atoms. The number of imidazole rings is 1. The Morgan fingerprint density at radius 1 is 1.50 bits per heavy atom. The SMILES string of the molecule is CN(CCc1nccs1)C(=O)[C@@H]1CCO[C@H]1c1nccn1C. The van der Waals surface area contributed by atoms with E-state index < -0.39 is 0 Å². The number of carbonyl (C=O) groups is 1. The molecule has 6 nitrogen and oxygen atoms in total. The van der Waals surface area contributed by atoms with Crippen LogP contribution in [0.2, 0.25) is 0 Å². The Kier molecular flexibility index (Phi) is 4.54. The molecule has 0 radical (unpaired) electrons. The number of aryl methyl sites for hydroxylation is 1. The number of likely N-dealkylation sites (N-methyl/N-ethyl adjacent to an activating group) is 1. The van der Waals surface area contributed by atoms with Crippen molar-refractivity contribution in [1.29, 1.82) is 0 Å². The number of amides is 1. The molecular weight excluding hydrogens is 300 g/mol. The van der Waals surface area contributed by atoms with Crippen LogP contribution in [0.15, 0.2) is 24.0 Å². The van der Waals surface area contributed by atoms with Gasteiger partial charge in [0.2, 0.25) is 5.91 Å². The van der Waals surface area contributed by atoms with Gasteiger partial charge >= 0.3 is 0 Å². The smallest absolute Gasteiger partial charge is 0.228 e. The molecule has 0 spiro atoms. The van der Waals surface area contributed by atoms with Gasteiger partial charge in [0, 0.05) is 57.6 Å². The van der Waals surface area contributed by atoms with Crippen molar-refractivity contribution in [3.05, 3.63) is 34.8 Å². The van der Waals surface area contributed by atoms with Gasteiger partial charge in [0.25, 0.3) is 0 Å². The van der Waals surface area contributed by atoms with Crippen molar-refractivity contribution >= 4 is 17.2 Å². The van der Waals surface area contributed by atoms with Crippen LogP contribution in [-0.2, 0) is 23.0 Å². The van der Waals surface area contributed by atoms with Gasteiger partial charge in [-0.3, -0.25) is 4.79 Å². The van der Waals surface area contributed by atoms with Gasteiger partial charge in [-0.25, -0.2) is 9.97 Å². The van der Waals surface area contributed by atoms with Crippen molar-refractivity contribution in [1.82, 2.24) is 19.4 Å². The lowest BCUT2D eigenvalue weighted by molar-refractivity contribution is -0.136. The molecule has 2 atom stereocenters. The fourth-order valence-electron chi connectivity index (χ4n) is 2.78. The second-order valence-electron chi connectivity index (χ2n) is 5.52. The number of hydrogen-bond acceptors (Lipinski definition) is 5. The van der Waals surface area contributed by atoms with Crippen molar-refractivity contribution in [2.75, 3.05) is 20.2 Å². The van der Waals surface area contributed by atoms with Crippen LogP contribution in [0.1, 0.15) is 23.4 Å². The predicted molar refractivity (Wildman–Crippen MR) is 83.5 cm³/mol. The first-order valence-corrected chi connectivity index (χ1v) is 8.27. The summed E-state index contributed by atoms with van der Waals surface area (Å²) in [5.74, 6) is 0.800. The maximum absolute atomic E-state index is 12.7. The summed E-state index contributed by atoms with van der Waals surface area (Å²) in [6.45, 7) is 1.28. The molecule has 0 aliphatic carbocycles. The summed E-state index contributed by atoms with van der Waals surface area (Å²) in [4.78, 5) is 23.1. The third-order valence-electron chi connectivity index (χ3n) is 4.04. The molecule has 7 heteroatoms. The summed E-state index contributed by atoms with van der Waals surface area (Å²) in [7, 11) is 3.78. The summed E-state index contributed by atoms with van der Waals surface area (Å²) in [5, 5.41) is 3.02. The molecule has 2 aromatic heterocycles. The number of rotatable bonds is 5. The largest absolute Gasteiger partial charge is 0.369 e. The summed E-state index contributed by atoms with van der Waals surface area (Å²) in [5.41, 5.74) is 0. The second-order valence-corrected chi connectivity index (χ2v) is 6.50. The van der Waals surface area contributed by atoms with Crippen molar-refractivity contribution in [3.63, 3.8) is 0 Å². The van der Waals surface area contributed by atoms with Crippen LogP contribution >= 0.6 is 11.3 Å². The number of thiazole rings is 1. The molecule has 3 heterocycles. The highest BCUT2D eigenvalue weighted by Gasteiger charge is 2.38. The Balaban J connectivity index is 1.64. The zero-order valence-corrected chi connectivity index (χ0v) is 13.6. The molecule has 0 aromatic carbocycles. The zero-order chi connectivity index (χ0) is 15.5. The number of hydrogen-bond donors (Lipinski definition) is 0. The highest BCUT2D eigenvalue weighted by molar-refractivity contribution is 7.09. The van der Waals surface area contributed by atoms with Gasteiger partial charge in [0.1, 0.15) is 11.9 Å². The Morgan fingerprint density at radius 2 is 2.36 bits per heavy atom. The van der Waals surface area contributed by atoms with E-state index in [9.17, 15) is 4.79 Å². The number of aromatic nitrogens is 3. The molecule has 0 saturated carbocycles. The van der Waals surface area contributed by atoms with E-state index in [-0.39, 0.29) is 17.9 Å². The summed E-state index contributed by atoms with van der Waals surface area (Å²) in [6, 6.07) is 0. The van der Waals surface area contributed by atoms with E-state index in [4.69, 9.17) is 4.74 Å². The van der Waals surface area contributed by atoms with Gasteiger partial charge in [-0.15, -0.1) is 11.3 Å². The van der Waals surface area contributed by atoms with Crippen molar-refractivity contribution in [2.45, 2.75) is 18.9 Å². The fourth-order valence-corrected chi connectivity index (χ4v) is 3.39. The molecule has 1 saturated heterocycles. The zero-order valence-electron chi connectivity index (χ0n) is 12.8. The molecule has 0 bridgehead atoms. The minimum absolute atomic E-state index is 0.127. The standard InChI is InChI=1S/C15H20N4O2S/c1-18-8-5-17-14(18)13-11(4-9-21-13)15(20)19(2)7-3-12-16-6-10-22-12/h5-6,8,10-11,13H,3-4,7,9H2,1-2H3/t11-,13-/m1/s1. The second kappa shape index (κ2) is 6.58. The van der Waals surface area contributed by atoms with E-state index in [2.05, 4.69) is 9.97 Å². The molecule has 0 unspecified atom stereocenters. The first-order chi connectivity index (χ1) is 10.7. The molecule has 1 fully saturated rings. The quantitative estimate of drug-likeness (QED) is 0.840. The van der Waals surface area contributed by atoms with Crippen LogP contribution in [0.25, 0.3) is 0 Å². The third-order valence-corrected chi connectivity index (χ3v) is 4.88. The third kappa shape index (κ3) is 3.05. The van der Waals surface area contributed by atoms with Gasteiger partial charge in [-0.1, -0.05) is 0 Å². The van der Waals surface area contributed by atoms with Gasteiger partial charge in [0.15, 0.2) is 0 Å². The van der Waals surface area contributed by atoms with Gasteiger partial charge in [0.05, 0.1) is 10.9 Å². The number of ether oxygens (including phenoxy) is 1. The van der Waals surface area contributed by atoms with Gasteiger partial charge < -0.3 is 14.2 Å². The summed E-state index contributed by atoms with van der Waals surface area (Å²) >= 11 is 1.62. The molecule has 2 aromatic rings. The van der Waals surface area contributed by atoms with Crippen LogP contribution in [0.3, 0.4) is 0 Å². The highest BCUT2D eigenvalue weighted by atomic mass is 32.1. The predicted octanol–water partition coefficient (Wildman–Crippen LogP) is 1.66. The molecule has 118 valence electrons. The molecule has 1 aliphatic heterocycles. The Labute approximate surface area is 133 Å². The van der Waals surface area contributed by atoms with Crippen LogP contribution in [0.5, 0.6) is 0 Å². The molecule has 1 aliphatic rings. The minimum Gasteiger partial charge on any atom is -0.369 e. The van der Waals surface area contributed by atoms with E-state index in [1.165, 1.54) is 0 Å². The maximum Gasteiger partial charge on any atom is 0.228 e. The number of carbonyl (C=O) groups excluding carboxylic acids is 1. The molecule has 3 rings (SSSR count). The van der Waals surface area contributed by atoms with Crippen molar-refractivity contribution in [2.24, 2.45) is 13.0 Å². The van der Waals surface area contributed by atoms with E-state index in [1.54, 1.807) is 28.6 Å². The van der Waals surface area contributed by atoms with E-state index in [0.717, 1.165) is 23.7 Å². The van der Waals surface area contributed by atoms with Gasteiger partial charge in [-0.05, 0) is 6.42 Å². The van der Waals surface area contributed by atoms with E-state index in [1.807, 2.05) is 30.2 Å². The highest BCUT2D eigenvalue weighted by Crippen LogP contribution is 2.34. The van der Waals surface area contributed by atoms with Crippen LogP contribution < -0.4 is 0 Å². The van der Waals surface area contributed by atoms with Crippen molar-refractivity contribution in [3.8, 4) is 0 Å². The lowest BCUT2D eigenvalue weighted by Crippen LogP contribution is -2.36. The van der Waals surface area contributed by atoms with Gasteiger partial charge in [-0.2, -0.15) is 0 Å². The Bertz CT molecular complexity index is 625. The van der Waals surface area contributed by atoms with Crippen molar-refractivity contribution < 1.29 is 9.53 Å². The topological polar surface area (TPSA) is 60.3 Å². The monoisotopic (exact) mass is 320 g/mol. The normalized spacial score (nSPS) is 21.2. The van der Waals surface area contributed by atoms with Crippen LogP contribution in [0, 0.1) is 5.92 Å².